The smallest absolute Gasteiger partial charge is 0.371 e. The van der Waals surface area contributed by atoms with E-state index in [0.29, 0.717) is 5.56 Å². The van der Waals surface area contributed by atoms with Gasteiger partial charge in [-0.2, -0.15) is 0 Å². The second-order valence-electron chi connectivity index (χ2n) is 2.06. The summed E-state index contributed by atoms with van der Waals surface area (Å²) in [7, 11) is 0. The number of nitrogens with zero attached hydrogens (tertiary/aromatic N) is 2. The standard InChI is InChI=1S/C6H4ClF3N2O/c7-1-4-2-11-5(12-3-4)13-6(8,9)10/h2-3H,1H2. The Balaban J connectivity index is 2.70. The first-order valence-electron chi connectivity index (χ1n) is 3.14. The van der Waals surface area contributed by atoms with Crippen molar-refractivity contribution in [1.82, 2.24) is 9.97 Å². The number of alkyl halides is 4. The van der Waals surface area contributed by atoms with Crippen LogP contribution in [0, 0.1) is 0 Å². The van der Waals surface area contributed by atoms with Gasteiger partial charge in [0.05, 0.1) is 5.88 Å². The number of hydrogen-bond donors (Lipinski definition) is 0. The molecule has 0 radical (unpaired) electrons. The maximum atomic E-state index is 11.6. The van der Waals surface area contributed by atoms with Crippen LogP contribution in [0.5, 0.6) is 6.01 Å². The molecule has 0 unspecified atom stereocenters. The molecule has 0 spiro atoms. The van der Waals surface area contributed by atoms with Gasteiger partial charge in [-0.05, 0) is 0 Å². The molecule has 72 valence electrons. The molecule has 1 aromatic heterocycles. The van der Waals surface area contributed by atoms with Crippen molar-refractivity contribution in [2.75, 3.05) is 0 Å². The Morgan fingerprint density at radius 1 is 1.31 bits per heavy atom. The molecule has 0 N–H and O–H groups in total. The molecule has 0 aliphatic rings. The summed E-state index contributed by atoms with van der Waals surface area (Å²) in [6.07, 6.45) is -2.43. The number of hydrogen-bond acceptors (Lipinski definition) is 3. The SMILES string of the molecule is FC(F)(F)Oc1ncc(CCl)cn1. The monoisotopic (exact) mass is 212 g/mol. The molecule has 0 saturated heterocycles. The van der Waals surface area contributed by atoms with Crippen LogP contribution in [0.25, 0.3) is 0 Å². The predicted octanol–water partition coefficient (Wildman–Crippen LogP) is 2.11. The molecule has 1 rings (SSSR count). The largest absolute Gasteiger partial charge is 0.575 e. The molecule has 0 amide bonds. The van der Waals surface area contributed by atoms with Crippen molar-refractivity contribution >= 4 is 11.6 Å². The first kappa shape index (κ1) is 10.0. The van der Waals surface area contributed by atoms with Crippen LogP contribution in [0.4, 0.5) is 13.2 Å². The highest BCUT2D eigenvalue weighted by Gasteiger charge is 2.32. The van der Waals surface area contributed by atoms with E-state index < -0.39 is 12.4 Å². The van der Waals surface area contributed by atoms with Crippen molar-refractivity contribution in [2.45, 2.75) is 12.2 Å². The average Bonchev–Trinajstić information content (AvgIpc) is 2.03. The molecule has 0 saturated carbocycles. The molecular formula is C6H4ClF3N2O. The van der Waals surface area contributed by atoms with E-state index in [1.54, 1.807) is 0 Å². The Hall–Kier alpha value is -1.04. The highest BCUT2D eigenvalue weighted by molar-refractivity contribution is 6.17. The molecule has 1 heterocycles. The van der Waals surface area contributed by atoms with Gasteiger partial charge in [-0.1, -0.05) is 0 Å². The zero-order valence-electron chi connectivity index (χ0n) is 6.18. The van der Waals surface area contributed by atoms with E-state index in [0.717, 1.165) is 0 Å². The average molecular weight is 213 g/mol. The van der Waals surface area contributed by atoms with Gasteiger partial charge in [-0.25, -0.2) is 9.97 Å². The molecule has 0 bridgehead atoms. The van der Waals surface area contributed by atoms with Crippen molar-refractivity contribution in [1.29, 1.82) is 0 Å². The van der Waals surface area contributed by atoms with Crippen LogP contribution in [0.1, 0.15) is 5.56 Å². The summed E-state index contributed by atoms with van der Waals surface area (Å²) in [6, 6.07) is -0.735. The fourth-order valence-electron chi connectivity index (χ4n) is 0.568. The van der Waals surface area contributed by atoms with Crippen LogP contribution in [0.2, 0.25) is 0 Å². The molecule has 0 fully saturated rings. The Morgan fingerprint density at radius 2 is 1.85 bits per heavy atom. The first-order chi connectivity index (χ1) is 6.01. The van der Waals surface area contributed by atoms with E-state index in [-0.39, 0.29) is 5.88 Å². The Kier molecular flexibility index (Phi) is 2.92. The van der Waals surface area contributed by atoms with E-state index in [4.69, 9.17) is 11.6 Å². The topological polar surface area (TPSA) is 35.0 Å². The molecule has 3 nitrogen and oxygen atoms in total. The minimum Gasteiger partial charge on any atom is -0.371 e. The summed E-state index contributed by atoms with van der Waals surface area (Å²) in [6.45, 7) is 0. The maximum Gasteiger partial charge on any atom is 0.575 e. The van der Waals surface area contributed by atoms with Gasteiger partial charge in [0, 0.05) is 18.0 Å². The molecule has 13 heavy (non-hydrogen) atoms. The van der Waals surface area contributed by atoms with E-state index >= 15 is 0 Å². The van der Waals surface area contributed by atoms with Gasteiger partial charge in [0.15, 0.2) is 0 Å². The van der Waals surface area contributed by atoms with Crippen LogP contribution in [0.15, 0.2) is 12.4 Å². The predicted molar refractivity (Wildman–Crippen MR) is 38.3 cm³/mol. The zero-order chi connectivity index (χ0) is 9.90. The van der Waals surface area contributed by atoms with Crippen molar-refractivity contribution in [2.24, 2.45) is 0 Å². The summed E-state index contributed by atoms with van der Waals surface area (Å²) in [4.78, 5) is 6.59. The summed E-state index contributed by atoms with van der Waals surface area (Å²) in [5, 5.41) is 0. The van der Waals surface area contributed by atoms with Gasteiger partial charge in [0.1, 0.15) is 0 Å². The second-order valence-corrected chi connectivity index (χ2v) is 2.32. The van der Waals surface area contributed by atoms with Gasteiger partial charge in [0.2, 0.25) is 0 Å². The van der Waals surface area contributed by atoms with Gasteiger partial charge < -0.3 is 4.74 Å². The van der Waals surface area contributed by atoms with Crippen molar-refractivity contribution in [3.05, 3.63) is 18.0 Å². The summed E-state index contributed by atoms with van der Waals surface area (Å²) >= 11 is 5.37. The Labute approximate surface area is 76.5 Å². The van der Waals surface area contributed by atoms with Gasteiger partial charge in [-0.3, -0.25) is 0 Å². The maximum absolute atomic E-state index is 11.6. The van der Waals surface area contributed by atoms with Gasteiger partial charge >= 0.3 is 12.4 Å². The fourth-order valence-corrected chi connectivity index (χ4v) is 0.706. The second kappa shape index (κ2) is 3.78. The minimum atomic E-state index is -4.76. The van der Waals surface area contributed by atoms with Gasteiger partial charge in [0.25, 0.3) is 0 Å². The van der Waals surface area contributed by atoms with Crippen LogP contribution in [-0.4, -0.2) is 16.3 Å². The third-order valence-electron chi connectivity index (χ3n) is 1.04. The zero-order valence-corrected chi connectivity index (χ0v) is 6.93. The molecule has 7 heteroatoms. The van der Waals surface area contributed by atoms with Crippen LogP contribution in [-0.2, 0) is 5.88 Å². The van der Waals surface area contributed by atoms with Crippen molar-refractivity contribution in [3.63, 3.8) is 0 Å². The lowest BCUT2D eigenvalue weighted by atomic mass is 10.4. The van der Waals surface area contributed by atoms with Crippen LogP contribution >= 0.6 is 11.6 Å². The fraction of sp³-hybridized carbons (Fsp3) is 0.333. The summed E-state index contributed by atoms with van der Waals surface area (Å²) in [5.41, 5.74) is 0.524. The number of halogens is 4. The normalized spacial score (nSPS) is 11.4. The van der Waals surface area contributed by atoms with E-state index in [1.165, 1.54) is 12.4 Å². The molecular weight excluding hydrogens is 209 g/mol. The number of ether oxygens (including phenoxy) is 1. The third kappa shape index (κ3) is 3.45. The number of rotatable bonds is 2. The van der Waals surface area contributed by atoms with Gasteiger partial charge in [-0.15, -0.1) is 24.8 Å². The molecule has 0 atom stereocenters. The van der Waals surface area contributed by atoms with Crippen LogP contribution < -0.4 is 4.74 Å². The highest BCUT2D eigenvalue weighted by Crippen LogP contribution is 2.18. The third-order valence-corrected chi connectivity index (χ3v) is 1.35. The first-order valence-corrected chi connectivity index (χ1v) is 3.67. The minimum absolute atomic E-state index is 0.145. The lowest BCUT2D eigenvalue weighted by molar-refractivity contribution is -0.277. The molecule has 0 aliphatic heterocycles. The van der Waals surface area contributed by atoms with E-state index in [1.807, 2.05) is 0 Å². The number of aromatic nitrogens is 2. The van der Waals surface area contributed by atoms with E-state index in [9.17, 15) is 13.2 Å². The highest BCUT2D eigenvalue weighted by atomic mass is 35.5. The van der Waals surface area contributed by atoms with Crippen molar-refractivity contribution in [3.8, 4) is 6.01 Å². The van der Waals surface area contributed by atoms with Crippen LogP contribution in [0.3, 0.4) is 0 Å². The molecule has 1 aromatic rings. The quantitative estimate of drug-likeness (QED) is 0.705. The molecule has 0 aromatic carbocycles. The van der Waals surface area contributed by atoms with E-state index in [2.05, 4.69) is 14.7 Å². The molecule has 0 aliphatic carbocycles. The summed E-state index contributed by atoms with van der Waals surface area (Å²) < 4.78 is 38.2. The Bertz CT molecular complexity index is 274. The summed E-state index contributed by atoms with van der Waals surface area (Å²) in [5.74, 6) is 0.145. The lowest BCUT2D eigenvalue weighted by Crippen LogP contribution is -2.18. The lowest BCUT2D eigenvalue weighted by Gasteiger charge is -2.05. The van der Waals surface area contributed by atoms with Crippen molar-refractivity contribution < 1.29 is 17.9 Å². The Morgan fingerprint density at radius 3 is 2.23 bits per heavy atom.